The summed E-state index contributed by atoms with van der Waals surface area (Å²) in [5.74, 6) is 0. The molecule has 0 heterocycles. The molecule has 0 saturated heterocycles. The fraction of sp³-hybridized carbons (Fsp3) is 1.00. The molecular weight excluding hydrogens is 204 g/mol. The summed E-state index contributed by atoms with van der Waals surface area (Å²) in [6.45, 7) is 6.31. The number of sulfonamides is 1. The SMILES string of the molecule is CCOCC(C)NCCNS(C)(=O)=O. The average Bonchev–Trinajstić information content (AvgIpc) is 2.07. The van der Waals surface area contributed by atoms with Gasteiger partial charge in [-0.1, -0.05) is 0 Å². The molecule has 0 fully saturated rings. The van der Waals surface area contributed by atoms with Crippen LogP contribution >= 0.6 is 0 Å². The van der Waals surface area contributed by atoms with Crippen molar-refractivity contribution in [1.82, 2.24) is 10.0 Å². The highest BCUT2D eigenvalue weighted by atomic mass is 32.2. The third-order valence-corrected chi connectivity index (χ3v) is 2.28. The number of ether oxygens (including phenoxy) is 1. The van der Waals surface area contributed by atoms with Crippen LogP contribution in [0.25, 0.3) is 0 Å². The van der Waals surface area contributed by atoms with Crippen molar-refractivity contribution in [1.29, 1.82) is 0 Å². The molecule has 0 aromatic rings. The van der Waals surface area contributed by atoms with Gasteiger partial charge in [0.2, 0.25) is 10.0 Å². The molecule has 86 valence electrons. The maximum absolute atomic E-state index is 10.7. The summed E-state index contributed by atoms with van der Waals surface area (Å²) in [4.78, 5) is 0. The Kier molecular flexibility index (Phi) is 7.08. The molecule has 14 heavy (non-hydrogen) atoms. The van der Waals surface area contributed by atoms with Gasteiger partial charge < -0.3 is 10.1 Å². The Labute approximate surface area is 86.3 Å². The highest BCUT2D eigenvalue weighted by Crippen LogP contribution is 1.83. The Morgan fingerprint density at radius 3 is 2.50 bits per heavy atom. The van der Waals surface area contributed by atoms with Crippen LogP contribution < -0.4 is 10.0 Å². The number of nitrogens with one attached hydrogen (secondary N) is 2. The molecule has 0 aromatic heterocycles. The average molecular weight is 224 g/mol. The van der Waals surface area contributed by atoms with E-state index < -0.39 is 10.0 Å². The number of rotatable bonds is 8. The Bertz CT molecular complexity index is 229. The molecule has 0 amide bonds. The first-order valence-corrected chi connectivity index (χ1v) is 6.60. The molecule has 0 rings (SSSR count). The summed E-state index contributed by atoms with van der Waals surface area (Å²) in [7, 11) is -3.06. The first-order chi connectivity index (χ1) is 6.45. The first-order valence-electron chi connectivity index (χ1n) is 4.71. The van der Waals surface area contributed by atoms with Gasteiger partial charge in [0.1, 0.15) is 0 Å². The van der Waals surface area contributed by atoms with Crippen LogP contribution in [-0.2, 0) is 14.8 Å². The van der Waals surface area contributed by atoms with Crippen LogP contribution in [0.1, 0.15) is 13.8 Å². The summed E-state index contributed by atoms with van der Waals surface area (Å²) in [5.41, 5.74) is 0. The summed E-state index contributed by atoms with van der Waals surface area (Å²) >= 11 is 0. The minimum atomic E-state index is -3.06. The van der Waals surface area contributed by atoms with Crippen molar-refractivity contribution in [3.8, 4) is 0 Å². The smallest absolute Gasteiger partial charge is 0.208 e. The molecule has 0 bridgehead atoms. The van der Waals surface area contributed by atoms with Crippen LogP contribution in [0.2, 0.25) is 0 Å². The minimum Gasteiger partial charge on any atom is -0.380 e. The van der Waals surface area contributed by atoms with Gasteiger partial charge in [0, 0.05) is 25.7 Å². The predicted octanol–water partition coefficient (Wildman–Crippen LogP) is -0.450. The van der Waals surface area contributed by atoms with E-state index in [0.717, 1.165) is 6.26 Å². The molecule has 1 atom stereocenters. The zero-order chi connectivity index (χ0) is 11.0. The van der Waals surface area contributed by atoms with E-state index in [1.54, 1.807) is 0 Å². The fourth-order valence-corrected chi connectivity index (χ4v) is 1.38. The van der Waals surface area contributed by atoms with Crippen molar-refractivity contribution in [2.45, 2.75) is 19.9 Å². The molecule has 0 saturated carbocycles. The lowest BCUT2D eigenvalue weighted by Gasteiger charge is -2.13. The molecule has 6 heteroatoms. The normalized spacial score (nSPS) is 14.2. The molecule has 2 N–H and O–H groups in total. The number of hydrogen-bond donors (Lipinski definition) is 2. The molecule has 0 aliphatic heterocycles. The van der Waals surface area contributed by atoms with Crippen LogP contribution in [-0.4, -0.2) is 47.0 Å². The van der Waals surface area contributed by atoms with Crippen molar-refractivity contribution in [2.24, 2.45) is 0 Å². The van der Waals surface area contributed by atoms with Gasteiger partial charge in [-0.15, -0.1) is 0 Å². The highest BCUT2D eigenvalue weighted by Gasteiger charge is 2.02. The van der Waals surface area contributed by atoms with E-state index in [9.17, 15) is 8.42 Å². The molecule has 5 nitrogen and oxygen atoms in total. The molecule has 1 unspecified atom stereocenters. The summed E-state index contributed by atoms with van der Waals surface area (Å²) in [6, 6.07) is 0.247. The second-order valence-electron chi connectivity index (χ2n) is 3.18. The molecule has 0 spiro atoms. The Morgan fingerprint density at radius 2 is 2.00 bits per heavy atom. The van der Waals surface area contributed by atoms with E-state index in [2.05, 4.69) is 10.0 Å². The zero-order valence-corrected chi connectivity index (χ0v) is 9.86. The van der Waals surface area contributed by atoms with Crippen molar-refractivity contribution in [3.05, 3.63) is 0 Å². The van der Waals surface area contributed by atoms with E-state index in [1.807, 2.05) is 13.8 Å². The molecular formula is C8H20N2O3S. The van der Waals surface area contributed by atoms with E-state index in [-0.39, 0.29) is 6.04 Å². The fourth-order valence-electron chi connectivity index (χ4n) is 0.909. The van der Waals surface area contributed by atoms with E-state index in [4.69, 9.17) is 4.74 Å². The van der Waals surface area contributed by atoms with Gasteiger partial charge in [0.15, 0.2) is 0 Å². The lowest BCUT2D eigenvalue weighted by Crippen LogP contribution is -2.37. The molecule has 0 radical (unpaired) electrons. The van der Waals surface area contributed by atoms with Gasteiger partial charge in [-0.05, 0) is 13.8 Å². The maximum atomic E-state index is 10.7. The van der Waals surface area contributed by atoms with Crippen LogP contribution in [0.5, 0.6) is 0 Å². The van der Waals surface area contributed by atoms with Gasteiger partial charge in [0.25, 0.3) is 0 Å². The quantitative estimate of drug-likeness (QED) is 0.548. The van der Waals surface area contributed by atoms with Crippen LogP contribution in [0.4, 0.5) is 0 Å². The monoisotopic (exact) mass is 224 g/mol. The Morgan fingerprint density at radius 1 is 1.36 bits per heavy atom. The lowest BCUT2D eigenvalue weighted by atomic mass is 10.3. The highest BCUT2D eigenvalue weighted by molar-refractivity contribution is 7.88. The topological polar surface area (TPSA) is 67.4 Å². The second-order valence-corrected chi connectivity index (χ2v) is 5.01. The third kappa shape index (κ3) is 9.91. The van der Waals surface area contributed by atoms with Crippen molar-refractivity contribution in [2.75, 3.05) is 32.6 Å². The predicted molar refractivity (Wildman–Crippen MR) is 56.8 cm³/mol. The van der Waals surface area contributed by atoms with Gasteiger partial charge in [-0.25, -0.2) is 13.1 Å². The second kappa shape index (κ2) is 7.17. The van der Waals surface area contributed by atoms with E-state index >= 15 is 0 Å². The minimum absolute atomic E-state index is 0.247. The van der Waals surface area contributed by atoms with Gasteiger partial charge in [0.05, 0.1) is 12.9 Å². The van der Waals surface area contributed by atoms with E-state index in [1.165, 1.54) is 0 Å². The Balaban J connectivity index is 3.36. The van der Waals surface area contributed by atoms with E-state index in [0.29, 0.717) is 26.3 Å². The van der Waals surface area contributed by atoms with Crippen LogP contribution in [0, 0.1) is 0 Å². The van der Waals surface area contributed by atoms with Crippen molar-refractivity contribution >= 4 is 10.0 Å². The molecule has 0 aromatic carbocycles. The van der Waals surface area contributed by atoms with Gasteiger partial charge in [-0.2, -0.15) is 0 Å². The first kappa shape index (κ1) is 13.8. The number of hydrogen-bond acceptors (Lipinski definition) is 4. The molecule has 0 aliphatic rings. The summed E-state index contributed by atoms with van der Waals surface area (Å²) < 4.78 is 29.0. The van der Waals surface area contributed by atoms with Crippen LogP contribution in [0.15, 0.2) is 0 Å². The summed E-state index contributed by atoms with van der Waals surface area (Å²) in [6.07, 6.45) is 1.15. The van der Waals surface area contributed by atoms with Gasteiger partial charge in [-0.3, -0.25) is 0 Å². The lowest BCUT2D eigenvalue weighted by molar-refractivity contribution is 0.127. The van der Waals surface area contributed by atoms with Crippen molar-refractivity contribution < 1.29 is 13.2 Å². The zero-order valence-electron chi connectivity index (χ0n) is 9.04. The van der Waals surface area contributed by atoms with Crippen molar-refractivity contribution in [3.63, 3.8) is 0 Å². The third-order valence-electron chi connectivity index (χ3n) is 1.55. The summed E-state index contributed by atoms with van der Waals surface area (Å²) in [5, 5.41) is 3.14. The maximum Gasteiger partial charge on any atom is 0.208 e. The van der Waals surface area contributed by atoms with Crippen LogP contribution in [0.3, 0.4) is 0 Å². The van der Waals surface area contributed by atoms with Gasteiger partial charge >= 0.3 is 0 Å². The molecule has 0 aliphatic carbocycles. The standard InChI is InChI=1S/C8H20N2O3S/c1-4-13-7-8(2)9-5-6-10-14(3,11)12/h8-10H,4-7H2,1-3H3. The largest absolute Gasteiger partial charge is 0.380 e. The Hall–Kier alpha value is -0.170.